The summed E-state index contributed by atoms with van der Waals surface area (Å²) in [5.74, 6) is -0.714. The average Bonchev–Trinajstić information content (AvgIpc) is 2.41. The third kappa shape index (κ3) is 9.78. The van der Waals surface area contributed by atoms with E-state index in [0.717, 1.165) is 25.9 Å². The van der Waals surface area contributed by atoms with E-state index in [0.29, 0.717) is 13.2 Å². The molecule has 0 atom stereocenters. The SMILES string of the molecule is CN(CCCCC(=O)O)CCOCc1ccccc1.Cl. The van der Waals surface area contributed by atoms with E-state index in [2.05, 4.69) is 17.0 Å². The van der Waals surface area contributed by atoms with Gasteiger partial charge in [0.15, 0.2) is 0 Å². The van der Waals surface area contributed by atoms with Crippen LogP contribution in [0.4, 0.5) is 0 Å². The molecular weight excluding hydrogens is 278 g/mol. The van der Waals surface area contributed by atoms with Crippen molar-refractivity contribution in [2.45, 2.75) is 25.9 Å². The van der Waals surface area contributed by atoms with Crippen LogP contribution in [0.1, 0.15) is 24.8 Å². The number of carboxylic acids is 1. The van der Waals surface area contributed by atoms with Crippen LogP contribution in [0.15, 0.2) is 30.3 Å². The zero-order valence-corrected chi connectivity index (χ0v) is 12.8. The summed E-state index contributed by atoms with van der Waals surface area (Å²) in [5.41, 5.74) is 1.19. The van der Waals surface area contributed by atoms with Gasteiger partial charge < -0.3 is 14.7 Å². The molecule has 1 N–H and O–H groups in total. The summed E-state index contributed by atoms with van der Waals surface area (Å²) in [4.78, 5) is 12.5. The Bertz CT molecular complexity index is 359. The lowest BCUT2D eigenvalue weighted by atomic mass is 10.2. The number of halogens is 1. The Morgan fingerprint density at radius 2 is 1.90 bits per heavy atom. The highest BCUT2D eigenvalue weighted by Crippen LogP contribution is 2.01. The second-order valence-corrected chi connectivity index (χ2v) is 4.69. The quantitative estimate of drug-likeness (QED) is 0.675. The van der Waals surface area contributed by atoms with Gasteiger partial charge in [-0.25, -0.2) is 0 Å². The monoisotopic (exact) mass is 301 g/mol. The van der Waals surface area contributed by atoms with Gasteiger partial charge >= 0.3 is 5.97 Å². The van der Waals surface area contributed by atoms with Crippen LogP contribution in [0.25, 0.3) is 0 Å². The van der Waals surface area contributed by atoms with Gasteiger partial charge in [0, 0.05) is 13.0 Å². The Kier molecular flexibility index (Phi) is 11.1. The smallest absolute Gasteiger partial charge is 0.303 e. The zero-order valence-electron chi connectivity index (χ0n) is 12.0. The van der Waals surface area contributed by atoms with Gasteiger partial charge in [0.2, 0.25) is 0 Å². The van der Waals surface area contributed by atoms with E-state index in [1.807, 2.05) is 25.2 Å². The first kappa shape index (κ1) is 18.9. The van der Waals surface area contributed by atoms with E-state index in [4.69, 9.17) is 9.84 Å². The molecule has 0 amide bonds. The summed E-state index contributed by atoms with van der Waals surface area (Å²) in [6.45, 7) is 3.14. The number of hydrogen-bond acceptors (Lipinski definition) is 3. The topological polar surface area (TPSA) is 49.8 Å². The molecule has 0 radical (unpaired) electrons. The predicted molar refractivity (Wildman–Crippen MR) is 82.3 cm³/mol. The molecule has 0 aliphatic heterocycles. The molecule has 0 unspecified atom stereocenters. The van der Waals surface area contributed by atoms with E-state index in [1.165, 1.54) is 5.56 Å². The largest absolute Gasteiger partial charge is 0.481 e. The van der Waals surface area contributed by atoms with Gasteiger partial charge in [-0.1, -0.05) is 30.3 Å². The maximum absolute atomic E-state index is 10.4. The number of carboxylic acid groups (broad SMARTS) is 1. The minimum atomic E-state index is -0.714. The molecule has 1 aromatic rings. The maximum atomic E-state index is 10.4. The lowest BCUT2D eigenvalue weighted by Crippen LogP contribution is -2.24. The molecule has 1 rings (SSSR count). The first-order valence-corrected chi connectivity index (χ1v) is 6.70. The summed E-state index contributed by atoms with van der Waals surface area (Å²) in [6, 6.07) is 10.1. The van der Waals surface area contributed by atoms with Crippen molar-refractivity contribution < 1.29 is 14.6 Å². The number of aliphatic carboxylic acids is 1. The summed E-state index contributed by atoms with van der Waals surface area (Å²) >= 11 is 0. The number of likely N-dealkylation sites (N-methyl/N-ethyl adjacent to an activating group) is 1. The van der Waals surface area contributed by atoms with Crippen LogP contribution in [0.2, 0.25) is 0 Å². The second kappa shape index (κ2) is 11.7. The number of rotatable bonds is 10. The zero-order chi connectivity index (χ0) is 13.9. The van der Waals surface area contributed by atoms with Gasteiger partial charge in [-0.15, -0.1) is 12.4 Å². The molecule has 0 aliphatic rings. The lowest BCUT2D eigenvalue weighted by molar-refractivity contribution is -0.137. The van der Waals surface area contributed by atoms with Crippen LogP contribution >= 0.6 is 12.4 Å². The third-order valence-electron chi connectivity index (χ3n) is 2.91. The number of ether oxygens (including phenoxy) is 1. The van der Waals surface area contributed by atoms with Gasteiger partial charge in [0.05, 0.1) is 13.2 Å². The molecule has 0 spiro atoms. The molecule has 0 saturated carbocycles. The standard InChI is InChI=1S/C15H23NO3.ClH/c1-16(10-6-5-9-15(17)18)11-12-19-13-14-7-3-2-4-8-14;/h2-4,7-8H,5-6,9-13H2,1H3,(H,17,18);1H. The van der Waals surface area contributed by atoms with Crippen LogP contribution in [-0.4, -0.2) is 42.7 Å². The molecule has 0 aromatic heterocycles. The van der Waals surface area contributed by atoms with Crippen molar-refractivity contribution >= 4 is 18.4 Å². The van der Waals surface area contributed by atoms with Crippen LogP contribution < -0.4 is 0 Å². The predicted octanol–water partition coefficient (Wildman–Crippen LogP) is 2.81. The van der Waals surface area contributed by atoms with E-state index < -0.39 is 5.97 Å². The molecular formula is C15H24ClNO3. The van der Waals surface area contributed by atoms with Gasteiger partial charge in [-0.2, -0.15) is 0 Å². The van der Waals surface area contributed by atoms with Crippen molar-refractivity contribution in [3.63, 3.8) is 0 Å². The van der Waals surface area contributed by atoms with E-state index in [-0.39, 0.29) is 18.8 Å². The van der Waals surface area contributed by atoms with Crippen LogP contribution in [0.3, 0.4) is 0 Å². The normalized spacial score (nSPS) is 10.3. The number of nitrogens with zero attached hydrogens (tertiary/aromatic N) is 1. The maximum Gasteiger partial charge on any atom is 0.303 e. The summed E-state index contributed by atoms with van der Waals surface area (Å²) in [5, 5.41) is 8.53. The fourth-order valence-corrected chi connectivity index (χ4v) is 1.75. The summed E-state index contributed by atoms with van der Waals surface area (Å²) < 4.78 is 5.60. The van der Waals surface area contributed by atoms with Crippen molar-refractivity contribution in [1.82, 2.24) is 4.90 Å². The summed E-state index contributed by atoms with van der Waals surface area (Å²) in [6.07, 6.45) is 1.92. The van der Waals surface area contributed by atoms with Gasteiger partial charge in [0.25, 0.3) is 0 Å². The molecule has 114 valence electrons. The Labute approximate surface area is 127 Å². The summed E-state index contributed by atoms with van der Waals surface area (Å²) in [7, 11) is 2.03. The first-order chi connectivity index (χ1) is 9.18. The van der Waals surface area contributed by atoms with Crippen LogP contribution in [-0.2, 0) is 16.1 Å². The Morgan fingerprint density at radius 3 is 2.55 bits per heavy atom. The third-order valence-corrected chi connectivity index (χ3v) is 2.91. The van der Waals surface area contributed by atoms with E-state index >= 15 is 0 Å². The van der Waals surface area contributed by atoms with E-state index in [1.54, 1.807) is 0 Å². The minimum Gasteiger partial charge on any atom is -0.481 e. The highest BCUT2D eigenvalue weighted by atomic mass is 35.5. The molecule has 4 nitrogen and oxygen atoms in total. The van der Waals surface area contributed by atoms with Crippen LogP contribution in [0, 0.1) is 0 Å². The molecule has 1 aromatic carbocycles. The van der Waals surface area contributed by atoms with Crippen molar-refractivity contribution in [3.8, 4) is 0 Å². The molecule has 5 heteroatoms. The van der Waals surface area contributed by atoms with Gasteiger partial charge in [-0.05, 0) is 32.0 Å². The molecule has 0 saturated heterocycles. The second-order valence-electron chi connectivity index (χ2n) is 4.69. The Hall–Kier alpha value is -1.10. The van der Waals surface area contributed by atoms with Gasteiger partial charge in [0.1, 0.15) is 0 Å². The van der Waals surface area contributed by atoms with Crippen molar-refractivity contribution in [2.75, 3.05) is 26.7 Å². The lowest BCUT2D eigenvalue weighted by Gasteiger charge is -2.16. The van der Waals surface area contributed by atoms with Crippen molar-refractivity contribution in [2.24, 2.45) is 0 Å². The number of unbranched alkanes of at least 4 members (excludes halogenated alkanes) is 1. The fourth-order valence-electron chi connectivity index (χ4n) is 1.75. The van der Waals surface area contributed by atoms with E-state index in [9.17, 15) is 4.79 Å². The first-order valence-electron chi connectivity index (χ1n) is 6.70. The van der Waals surface area contributed by atoms with Crippen molar-refractivity contribution in [3.05, 3.63) is 35.9 Å². The number of carbonyl (C=O) groups is 1. The highest BCUT2D eigenvalue weighted by molar-refractivity contribution is 5.85. The molecule has 20 heavy (non-hydrogen) atoms. The highest BCUT2D eigenvalue weighted by Gasteiger charge is 2.00. The van der Waals surface area contributed by atoms with Crippen LogP contribution in [0.5, 0.6) is 0 Å². The number of benzene rings is 1. The van der Waals surface area contributed by atoms with Gasteiger partial charge in [-0.3, -0.25) is 4.79 Å². The fraction of sp³-hybridized carbons (Fsp3) is 0.533. The minimum absolute atomic E-state index is 0. The molecule has 0 heterocycles. The van der Waals surface area contributed by atoms with Crippen molar-refractivity contribution in [1.29, 1.82) is 0 Å². The average molecular weight is 302 g/mol. The molecule has 0 bridgehead atoms. The molecule has 0 aliphatic carbocycles. The Balaban J connectivity index is 0.00000361. The molecule has 0 fully saturated rings. The Morgan fingerprint density at radius 1 is 1.20 bits per heavy atom. The number of hydrogen-bond donors (Lipinski definition) is 1.